The Balaban J connectivity index is 1.70. The molecule has 1 aliphatic rings. The summed E-state index contributed by atoms with van der Waals surface area (Å²) >= 11 is 0. The maximum Gasteiger partial charge on any atom is 0.258 e. The third-order valence-corrected chi connectivity index (χ3v) is 5.64. The monoisotopic (exact) mass is 394 g/mol. The van der Waals surface area contributed by atoms with Crippen molar-refractivity contribution in [2.24, 2.45) is 0 Å². The van der Waals surface area contributed by atoms with E-state index < -0.39 is 0 Å². The van der Waals surface area contributed by atoms with Gasteiger partial charge >= 0.3 is 0 Å². The van der Waals surface area contributed by atoms with E-state index in [1.165, 1.54) is 0 Å². The Hall–Kier alpha value is -3.79. The minimum absolute atomic E-state index is 0.00758. The highest BCUT2D eigenvalue weighted by atomic mass is 16.5. The molecule has 1 atom stereocenters. The highest BCUT2D eigenvalue weighted by Crippen LogP contribution is 2.41. The van der Waals surface area contributed by atoms with Crippen LogP contribution in [0.2, 0.25) is 0 Å². The second kappa shape index (κ2) is 7.56. The van der Waals surface area contributed by atoms with Crippen molar-refractivity contribution in [1.82, 2.24) is 4.90 Å². The molecule has 0 saturated heterocycles. The van der Waals surface area contributed by atoms with Gasteiger partial charge in [-0.15, -0.1) is 0 Å². The quantitative estimate of drug-likeness (QED) is 0.489. The molecule has 1 heterocycles. The minimum Gasteiger partial charge on any atom is -0.496 e. The molecular weight excluding hydrogens is 372 g/mol. The van der Waals surface area contributed by atoms with Crippen molar-refractivity contribution < 1.29 is 9.53 Å². The summed E-state index contributed by atoms with van der Waals surface area (Å²) in [7, 11) is 1.67. The van der Waals surface area contributed by atoms with E-state index in [9.17, 15) is 4.79 Å². The van der Waals surface area contributed by atoms with Crippen LogP contribution in [0.25, 0.3) is 10.8 Å². The SMILES string of the molecule is COc1ccc2ccccc2c1C1Nc2ccccc2C(=O)N1Cc1ccccc1. The van der Waals surface area contributed by atoms with Gasteiger partial charge in [-0.25, -0.2) is 0 Å². The molecule has 1 amide bonds. The Bertz CT molecular complexity index is 1220. The Morgan fingerprint density at radius 2 is 1.60 bits per heavy atom. The van der Waals surface area contributed by atoms with Gasteiger partial charge in [-0.3, -0.25) is 4.79 Å². The minimum atomic E-state index is -0.353. The van der Waals surface area contributed by atoms with Gasteiger partial charge < -0.3 is 15.0 Å². The van der Waals surface area contributed by atoms with Crippen molar-refractivity contribution in [2.75, 3.05) is 12.4 Å². The van der Waals surface area contributed by atoms with Crippen molar-refractivity contribution in [1.29, 1.82) is 0 Å². The molecule has 4 heteroatoms. The van der Waals surface area contributed by atoms with Crippen LogP contribution in [0, 0.1) is 0 Å². The van der Waals surface area contributed by atoms with Gasteiger partial charge in [0.25, 0.3) is 5.91 Å². The first-order chi connectivity index (χ1) is 14.8. The molecule has 0 aliphatic carbocycles. The van der Waals surface area contributed by atoms with E-state index in [1.807, 2.05) is 77.7 Å². The predicted molar refractivity (Wildman–Crippen MR) is 120 cm³/mol. The van der Waals surface area contributed by atoms with E-state index in [1.54, 1.807) is 7.11 Å². The Morgan fingerprint density at radius 3 is 2.43 bits per heavy atom. The van der Waals surface area contributed by atoms with Crippen LogP contribution in [-0.2, 0) is 6.54 Å². The van der Waals surface area contributed by atoms with E-state index in [4.69, 9.17) is 4.74 Å². The summed E-state index contributed by atoms with van der Waals surface area (Å²) in [5.41, 5.74) is 3.57. The van der Waals surface area contributed by atoms with Crippen molar-refractivity contribution >= 4 is 22.4 Å². The van der Waals surface area contributed by atoms with Crippen molar-refractivity contribution in [2.45, 2.75) is 12.7 Å². The number of amides is 1. The number of hydrogen-bond acceptors (Lipinski definition) is 3. The molecular formula is C26H22N2O2. The van der Waals surface area contributed by atoms with Crippen molar-refractivity contribution in [3.8, 4) is 5.75 Å². The molecule has 1 unspecified atom stereocenters. The molecule has 4 nitrogen and oxygen atoms in total. The summed E-state index contributed by atoms with van der Waals surface area (Å²) in [4.78, 5) is 15.5. The Kier molecular flexibility index (Phi) is 4.60. The van der Waals surface area contributed by atoms with Crippen LogP contribution in [0.4, 0.5) is 5.69 Å². The number of rotatable bonds is 4. The normalized spacial score (nSPS) is 15.6. The number of para-hydroxylation sites is 1. The fourth-order valence-electron chi connectivity index (χ4n) is 4.20. The molecule has 5 rings (SSSR count). The molecule has 0 saturated carbocycles. The number of ether oxygens (including phenoxy) is 1. The molecule has 4 aromatic carbocycles. The summed E-state index contributed by atoms with van der Waals surface area (Å²) in [5, 5.41) is 5.79. The first kappa shape index (κ1) is 18.3. The molecule has 1 aliphatic heterocycles. The lowest BCUT2D eigenvalue weighted by Gasteiger charge is -2.39. The van der Waals surface area contributed by atoms with Gasteiger partial charge in [0, 0.05) is 17.8 Å². The molecule has 4 aromatic rings. The molecule has 0 bridgehead atoms. The largest absolute Gasteiger partial charge is 0.496 e. The molecule has 0 aromatic heterocycles. The van der Waals surface area contributed by atoms with Crippen LogP contribution in [0.15, 0.2) is 91.0 Å². The van der Waals surface area contributed by atoms with Crippen molar-refractivity contribution in [3.63, 3.8) is 0 Å². The molecule has 0 spiro atoms. The highest BCUT2D eigenvalue weighted by Gasteiger charge is 2.35. The van der Waals surface area contributed by atoms with E-state index in [0.717, 1.165) is 33.3 Å². The molecule has 0 radical (unpaired) electrons. The van der Waals surface area contributed by atoms with E-state index in [-0.39, 0.29) is 12.1 Å². The fourth-order valence-corrected chi connectivity index (χ4v) is 4.20. The lowest BCUT2D eigenvalue weighted by Crippen LogP contribution is -2.42. The fraction of sp³-hybridized carbons (Fsp3) is 0.115. The zero-order chi connectivity index (χ0) is 20.5. The number of carbonyl (C=O) groups excluding carboxylic acids is 1. The van der Waals surface area contributed by atoms with Gasteiger partial charge in [0.15, 0.2) is 0 Å². The third kappa shape index (κ3) is 3.07. The first-order valence-corrected chi connectivity index (χ1v) is 10.0. The number of fused-ring (bicyclic) bond motifs is 2. The molecule has 148 valence electrons. The second-order valence-corrected chi connectivity index (χ2v) is 7.41. The Labute approximate surface area is 175 Å². The molecule has 1 N–H and O–H groups in total. The maximum atomic E-state index is 13.6. The van der Waals surface area contributed by atoms with Gasteiger partial charge in [0.1, 0.15) is 11.9 Å². The van der Waals surface area contributed by atoms with Crippen LogP contribution in [0.1, 0.15) is 27.7 Å². The zero-order valence-corrected chi connectivity index (χ0v) is 16.7. The lowest BCUT2D eigenvalue weighted by atomic mass is 9.97. The van der Waals surface area contributed by atoms with Crippen LogP contribution in [0.5, 0.6) is 5.75 Å². The number of nitrogens with one attached hydrogen (secondary N) is 1. The van der Waals surface area contributed by atoms with Crippen molar-refractivity contribution in [3.05, 3.63) is 108 Å². The van der Waals surface area contributed by atoms with Gasteiger partial charge in [-0.05, 0) is 34.5 Å². The third-order valence-electron chi connectivity index (χ3n) is 5.64. The predicted octanol–water partition coefficient (Wildman–Crippen LogP) is 5.62. The van der Waals surface area contributed by atoms with Crippen LogP contribution < -0.4 is 10.1 Å². The van der Waals surface area contributed by atoms with Gasteiger partial charge in [-0.1, -0.05) is 72.8 Å². The molecule has 30 heavy (non-hydrogen) atoms. The number of methoxy groups -OCH3 is 1. The number of carbonyl (C=O) groups is 1. The van der Waals surface area contributed by atoms with E-state index in [0.29, 0.717) is 12.1 Å². The number of anilines is 1. The maximum absolute atomic E-state index is 13.6. The van der Waals surface area contributed by atoms with Gasteiger partial charge in [-0.2, -0.15) is 0 Å². The lowest BCUT2D eigenvalue weighted by molar-refractivity contribution is 0.0666. The first-order valence-electron chi connectivity index (χ1n) is 10.0. The van der Waals surface area contributed by atoms with Crippen LogP contribution >= 0.6 is 0 Å². The van der Waals surface area contributed by atoms with Gasteiger partial charge in [0.2, 0.25) is 0 Å². The standard InChI is InChI=1S/C26H22N2O2/c1-30-23-16-15-19-11-5-6-12-20(19)24(23)25-27-22-14-8-7-13-21(22)26(29)28(25)17-18-9-3-2-4-10-18/h2-16,25,27H,17H2,1H3. The highest BCUT2D eigenvalue weighted by molar-refractivity contribution is 6.02. The number of hydrogen-bond donors (Lipinski definition) is 1. The van der Waals surface area contributed by atoms with E-state index >= 15 is 0 Å². The average Bonchev–Trinajstić information content (AvgIpc) is 2.81. The smallest absolute Gasteiger partial charge is 0.258 e. The van der Waals surface area contributed by atoms with Gasteiger partial charge in [0.05, 0.1) is 12.7 Å². The second-order valence-electron chi connectivity index (χ2n) is 7.41. The molecule has 0 fully saturated rings. The summed E-state index contributed by atoms with van der Waals surface area (Å²) in [6.07, 6.45) is -0.353. The summed E-state index contributed by atoms with van der Waals surface area (Å²) in [6, 6.07) is 30.0. The summed E-state index contributed by atoms with van der Waals surface area (Å²) in [5.74, 6) is 0.768. The summed E-state index contributed by atoms with van der Waals surface area (Å²) < 4.78 is 5.75. The summed E-state index contributed by atoms with van der Waals surface area (Å²) in [6.45, 7) is 0.498. The topological polar surface area (TPSA) is 41.6 Å². The van der Waals surface area contributed by atoms with E-state index in [2.05, 4.69) is 23.5 Å². The Morgan fingerprint density at radius 1 is 0.867 bits per heavy atom. The number of benzene rings is 4. The van der Waals surface area contributed by atoms with Crippen LogP contribution in [0.3, 0.4) is 0 Å². The van der Waals surface area contributed by atoms with Crippen LogP contribution in [-0.4, -0.2) is 17.9 Å². The number of nitrogens with zero attached hydrogens (tertiary/aromatic N) is 1. The average molecular weight is 394 g/mol. The zero-order valence-electron chi connectivity index (χ0n) is 16.7.